The van der Waals surface area contributed by atoms with Gasteiger partial charge in [-0.2, -0.15) is 0 Å². The van der Waals surface area contributed by atoms with Gasteiger partial charge in [0.25, 0.3) is 0 Å². The minimum absolute atomic E-state index is 0.0106. The Balaban J connectivity index is 1.68. The van der Waals surface area contributed by atoms with Crippen LogP contribution in [0.5, 0.6) is 0 Å². The summed E-state index contributed by atoms with van der Waals surface area (Å²) in [4.78, 5) is 0. The normalized spacial score (nSPS) is 68.8. The van der Waals surface area contributed by atoms with Gasteiger partial charge >= 0.3 is 0 Å². The second-order valence-corrected chi connectivity index (χ2v) is 7.62. The van der Waals surface area contributed by atoms with E-state index in [-0.39, 0.29) is 11.2 Å². The molecular formula is C14H22N2O2. The van der Waals surface area contributed by atoms with Crippen LogP contribution >= 0.6 is 0 Å². The van der Waals surface area contributed by atoms with Gasteiger partial charge in [0, 0.05) is 24.9 Å². The van der Waals surface area contributed by atoms with E-state index < -0.39 is 0 Å². The number of nitrogens with zero attached hydrogens (tertiary/aromatic N) is 1. The maximum atomic E-state index is 6.50. The van der Waals surface area contributed by atoms with E-state index in [0.29, 0.717) is 35.9 Å². The molecule has 5 saturated heterocycles. The van der Waals surface area contributed by atoms with Crippen LogP contribution in [-0.4, -0.2) is 41.5 Å². The van der Waals surface area contributed by atoms with E-state index in [4.69, 9.17) is 15.3 Å². The van der Waals surface area contributed by atoms with E-state index in [0.717, 1.165) is 13.1 Å². The third kappa shape index (κ3) is 0.912. The lowest BCUT2D eigenvalue weighted by Gasteiger charge is -2.51. The summed E-state index contributed by atoms with van der Waals surface area (Å²) < 4.78 is 13.0. The van der Waals surface area contributed by atoms with Crippen molar-refractivity contribution in [2.24, 2.45) is 29.5 Å². The Morgan fingerprint density at radius 2 is 1.50 bits per heavy atom. The Bertz CT molecular complexity index is 394. The molecule has 4 nitrogen and oxygen atoms in total. The fourth-order valence-electron chi connectivity index (χ4n) is 6.40. The predicted octanol–water partition coefficient (Wildman–Crippen LogP) is 0.763. The van der Waals surface area contributed by atoms with Crippen molar-refractivity contribution in [1.29, 1.82) is 0 Å². The summed E-state index contributed by atoms with van der Waals surface area (Å²) in [6, 6.07) is 0. The molecule has 0 radical (unpaired) electrons. The Hall–Kier alpha value is -0.160. The van der Waals surface area contributed by atoms with Crippen LogP contribution in [-0.2, 0) is 9.47 Å². The molecule has 5 aliphatic rings. The topological polar surface area (TPSA) is 47.7 Å². The van der Waals surface area contributed by atoms with Crippen molar-refractivity contribution >= 4 is 0 Å². The summed E-state index contributed by atoms with van der Waals surface area (Å²) in [6.07, 6.45) is 3.21. The highest BCUT2D eigenvalue weighted by Gasteiger charge is 2.78. The average Bonchev–Trinajstić information content (AvgIpc) is 2.91. The zero-order chi connectivity index (χ0) is 12.3. The highest BCUT2D eigenvalue weighted by atomic mass is 16.6. The van der Waals surface area contributed by atoms with Crippen LogP contribution in [0.25, 0.3) is 0 Å². The number of ether oxygens (including phenoxy) is 2. The summed E-state index contributed by atoms with van der Waals surface area (Å²) in [5.74, 6) is 8.80. The molecule has 5 heterocycles. The van der Waals surface area contributed by atoms with Crippen LogP contribution in [0.3, 0.4) is 0 Å². The number of hydrazine groups is 1. The maximum Gasteiger partial charge on any atom is 0.0890 e. The van der Waals surface area contributed by atoms with Crippen molar-refractivity contribution in [2.45, 2.75) is 50.1 Å². The molecule has 0 aromatic rings. The van der Waals surface area contributed by atoms with Gasteiger partial charge in [-0.3, -0.25) is 5.84 Å². The highest BCUT2D eigenvalue weighted by molar-refractivity contribution is 5.26. The van der Waals surface area contributed by atoms with Gasteiger partial charge in [0.1, 0.15) is 0 Å². The first-order valence-electron chi connectivity index (χ1n) is 7.40. The van der Waals surface area contributed by atoms with Crippen molar-refractivity contribution in [3.05, 3.63) is 0 Å². The van der Waals surface area contributed by atoms with E-state index in [1.165, 1.54) is 12.8 Å². The lowest BCUT2D eigenvalue weighted by atomic mass is 9.55. The third-order valence-corrected chi connectivity index (χ3v) is 6.42. The number of hydrogen-bond donors (Lipinski definition) is 1. The van der Waals surface area contributed by atoms with Gasteiger partial charge in [0.2, 0.25) is 0 Å². The molecule has 18 heavy (non-hydrogen) atoms. The van der Waals surface area contributed by atoms with Gasteiger partial charge in [0.15, 0.2) is 0 Å². The molecule has 0 amide bonds. The molecule has 5 rings (SSSR count). The first-order chi connectivity index (χ1) is 8.55. The van der Waals surface area contributed by atoms with Gasteiger partial charge in [-0.05, 0) is 24.7 Å². The monoisotopic (exact) mass is 250 g/mol. The van der Waals surface area contributed by atoms with E-state index in [2.05, 4.69) is 13.8 Å². The number of fused-ring (bicyclic) bond motifs is 4. The van der Waals surface area contributed by atoms with Crippen LogP contribution < -0.4 is 5.84 Å². The zero-order valence-electron chi connectivity index (χ0n) is 11.1. The van der Waals surface area contributed by atoms with Gasteiger partial charge in [0.05, 0.1) is 23.4 Å². The maximum absolute atomic E-state index is 6.50. The van der Waals surface area contributed by atoms with Gasteiger partial charge in [-0.15, -0.1) is 0 Å². The van der Waals surface area contributed by atoms with Crippen molar-refractivity contribution in [3.63, 3.8) is 0 Å². The Morgan fingerprint density at radius 3 is 2.00 bits per heavy atom. The fourth-order valence-corrected chi connectivity index (χ4v) is 6.40. The van der Waals surface area contributed by atoms with E-state index in [1.807, 2.05) is 5.01 Å². The molecule has 0 aromatic heterocycles. The molecule has 6 atom stereocenters. The van der Waals surface area contributed by atoms with Crippen molar-refractivity contribution < 1.29 is 9.47 Å². The Morgan fingerprint density at radius 1 is 1.00 bits per heavy atom. The molecule has 0 aromatic carbocycles. The minimum atomic E-state index is 0.0106. The van der Waals surface area contributed by atoms with Crippen LogP contribution in [0.2, 0.25) is 0 Å². The lowest BCUT2D eigenvalue weighted by Crippen LogP contribution is -2.66. The molecule has 4 bridgehead atoms. The Kier molecular flexibility index (Phi) is 1.65. The molecule has 6 unspecified atom stereocenters. The standard InChI is InChI=1S/C14H22N2O2/c1-7-3-13-5-16(15)6-14-4-8(2)11(18-14)9(12(13)14)10(7)17-13/h7-12H,3-6,15H2,1-2H3. The summed E-state index contributed by atoms with van der Waals surface area (Å²) in [5.41, 5.74) is 0.0211. The van der Waals surface area contributed by atoms with E-state index in [1.54, 1.807) is 0 Å². The summed E-state index contributed by atoms with van der Waals surface area (Å²) in [7, 11) is 0. The largest absolute Gasteiger partial charge is 0.369 e. The number of nitrogens with two attached hydrogens (primary N) is 1. The quantitative estimate of drug-likeness (QED) is 0.645. The molecule has 0 aliphatic carbocycles. The smallest absolute Gasteiger partial charge is 0.0890 e. The highest BCUT2D eigenvalue weighted by Crippen LogP contribution is 2.69. The fraction of sp³-hybridized carbons (Fsp3) is 1.00. The molecule has 2 spiro atoms. The van der Waals surface area contributed by atoms with Gasteiger partial charge in [-0.1, -0.05) is 13.8 Å². The minimum Gasteiger partial charge on any atom is -0.369 e. The molecule has 2 N–H and O–H groups in total. The second kappa shape index (κ2) is 2.80. The molecule has 0 saturated carbocycles. The van der Waals surface area contributed by atoms with E-state index >= 15 is 0 Å². The summed E-state index contributed by atoms with van der Waals surface area (Å²) in [6.45, 7) is 6.49. The van der Waals surface area contributed by atoms with Gasteiger partial charge < -0.3 is 9.47 Å². The Labute approximate surface area is 108 Å². The molecule has 4 heteroatoms. The van der Waals surface area contributed by atoms with E-state index in [9.17, 15) is 0 Å². The average molecular weight is 250 g/mol. The van der Waals surface area contributed by atoms with Crippen molar-refractivity contribution in [3.8, 4) is 0 Å². The van der Waals surface area contributed by atoms with Crippen LogP contribution in [0.15, 0.2) is 0 Å². The SMILES string of the molecule is CC1CC23CN(N)CC45CC(C)C(O4)C(C1O2)C35. The number of rotatable bonds is 0. The second-order valence-electron chi connectivity index (χ2n) is 7.62. The van der Waals surface area contributed by atoms with Crippen LogP contribution in [0, 0.1) is 23.7 Å². The third-order valence-electron chi connectivity index (χ3n) is 6.42. The first kappa shape index (κ1) is 10.6. The van der Waals surface area contributed by atoms with Crippen LogP contribution in [0.4, 0.5) is 0 Å². The number of hydrogen-bond acceptors (Lipinski definition) is 4. The van der Waals surface area contributed by atoms with Crippen molar-refractivity contribution in [1.82, 2.24) is 5.01 Å². The molecule has 100 valence electrons. The molecule has 5 aliphatic heterocycles. The summed E-state index contributed by atoms with van der Waals surface area (Å²) >= 11 is 0. The lowest BCUT2D eigenvalue weighted by molar-refractivity contribution is -0.151. The first-order valence-corrected chi connectivity index (χ1v) is 7.40. The number of piperidine rings is 1. The zero-order valence-corrected chi connectivity index (χ0v) is 11.1. The van der Waals surface area contributed by atoms with Crippen LogP contribution in [0.1, 0.15) is 26.7 Å². The molecular weight excluding hydrogens is 228 g/mol. The predicted molar refractivity (Wildman–Crippen MR) is 65.5 cm³/mol. The van der Waals surface area contributed by atoms with Gasteiger partial charge in [-0.25, -0.2) is 5.01 Å². The van der Waals surface area contributed by atoms with Crippen molar-refractivity contribution in [2.75, 3.05) is 13.1 Å². The molecule has 5 fully saturated rings. The summed E-state index contributed by atoms with van der Waals surface area (Å²) in [5, 5.41) is 1.97.